The van der Waals surface area contributed by atoms with E-state index in [1.807, 2.05) is 30.3 Å². The van der Waals surface area contributed by atoms with Gasteiger partial charge in [-0.1, -0.05) is 42.1 Å². The van der Waals surface area contributed by atoms with E-state index in [1.54, 1.807) is 13.2 Å². The summed E-state index contributed by atoms with van der Waals surface area (Å²) in [5, 5.41) is 13.5. The molecule has 3 rings (SSSR count). The summed E-state index contributed by atoms with van der Waals surface area (Å²) in [5.74, 6) is -0.729. The second kappa shape index (κ2) is 9.99. The third-order valence-electron chi connectivity index (χ3n) is 4.27. The zero-order valence-corrected chi connectivity index (χ0v) is 17.0. The van der Waals surface area contributed by atoms with E-state index in [2.05, 4.69) is 10.3 Å². The van der Waals surface area contributed by atoms with E-state index in [1.165, 1.54) is 34.9 Å². The molecular formula is C20H20N4O5S. The molecule has 30 heavy (non-hydrogen) atoms. The maximum Gasteiger partial charge on any atom is 0.292 e. The first-order chi connectivity index (χ1) is 14.5. The number of hydrogen-bond acceptors (Lipinski definition) is 7. The molecule has 2 aromatic carbocycles. The molecule has 1 aliphatic rings. The van der Waals surface area contributed by atoms with E-state index >= 15 is 0 Å². The Morgan fingerprint density at radius 2 is 1.93 bits per heavy atom. The number of para-hydroxylation sites is 3. The second-order valence-corrected chi connectivity index (χ2v) is 7.52. The summed E-state index contributed by atoms with van der Waals surface area (Å²) in [5.41, 5.74) is 0.585. The van der Waals surface area contributed by atoms with E-state index < -0.39 is 16.1 Å². The van der Waals surface area contributed by atoms with Gasteiger partial charge in [0.2, 0.25) is 11.8 Å². The summed E-state index contributed by atoms with van der Waals surface area (Å²) >= 11 is 1.20. The number of methoxy groups -OCH3 is 1. The zero-order valence-electron chi connectivity index (χ0n) is 16.2. The summed E-state index contributed by atoms with van der Waals surface area (Å²) < 4.78 is 5.08. The Morgan fingerprint density at radius 3 is 2.63 bits per heavy atom. The molecule has 1 N–H and O–H groups in total. The van der Waals surface area contributed by atoms with Gasteiger partial charge in [-0.2, -0.15) is 0 Å². The van der Waals surface area contributed by atoms with Gasteiger partial charge in [0.1, 0.15) is 10.9 Å². The lowest BCUT2D eigenvalue weighted by Gasteiger charge is -2.15. The monoisotopic (exact) mass is 428 g/mol. The molecule has 0 aromatic heterocycles. The summed E-state index contributed by atoms with van der Waals surface area (Å²) in [6.45, 7) is 0.644. The number of aliphatic imine (C=N–C) groups is 1. The predicted octanol–water partition coefficient (Wildman–Crippen LogP) is 3.20. The molecule has 2 aromatic rings. The lowest BCUT2D eigenvalue weighted by atomic mass is 10.2. The second-order valence-electron chi connectivity index (χ2n) is 6.35. The fourth-order valence-corrected chi connectivity index (χ4v) is 4.02. The largest absolute Gasteiger partial charge is 0.383 e. The number of ether oxygens (including phenoxy) is 1. The third kappa shape index (κ3) is 5.22. The van der Waals surface area contributed by atoms with E-state index in [4.69, 9.17) is 4.74 Å². The standard InChI is InChI=1S/C20H20N4O5S/c1-29-12-11-23-19(26)17(30-20(23)21-14-7-3-2-4-8-14)13-18(25)22-15-9-5-6-10-16(15)24(27)28/h2-10,17H,11-13H2,1H3,(H,22,25)/t17-/m0/s1. The summed E-state index contributed by atoms with van der Waals surface area (Å²) in [7, 11) is 1.54. The summed E-state index contributed by atoms with van der Waals surface area (Å²) in [4.78, 5) is 41.9. The molecule has 10 heteroatoms. The van der Waals surface area contributed by atoms with Gasteiger partial charge in [0, 0.05) is 19.6 Å². The zero-order chi connectivity index (χ0) is 21.5. The van der Waals surface area contributed by atoms with Crippen LogP contribution in [-0.2, 0) is 14.3 Å². The van der Waals surface area contributed by atoms with Crippen LogP contribution < -0.4 is 5.32 Å². The highest BCUT2D eigenvalue weighted by atomic mass is 32.2. The Hall–Kier alpha value is -3.24. The number of nitrogens with one attached hydrogen (secondary N) is 1. The Bertz CT molecular complexity index is 967. The molecule has 2 amide bonds. The van der Waals surface area contributed by atoms with Crippen LogP contribution in [0, 0.1) is 10.1 Å². The van der Waals surface area contributed by atoms with Crippen LogP contribution in [0.1, 0.15) is 6.42 Å². The van der Waals surface area contributed by atoms with Gasteiger partial charge >= 0.3 is 0 Å². The van der Waals surface area contributed by atoms with Crippen molar-refractivity contribution < 1.29 is 19.2 Å². The van der Waals surface area contributed by atoms with Gasteiger partial charge in [0.05, 0.1) is 23.8 Å². The Balaban J connectivity index is 1.74. The highest BCUT2D eigenvalue weighted by molar-refractivity contribution is 8.15. The van der Waals surface area contributed by atoms with Crippen LogP contribution in [0.15, 0.2) is 59.6 Å². The number of nitro groups is 1. The van der Waals surface area contributed by atoms with Crippen LogP contribution in [0.5, 0.6) is 0 Å². The summed E-state index contributed by atoms with van der Waals surface area (Å²) in [6.07, 6.45) is -0.132. The summed E-state index contributed by atoms with van der Waals surface area (Å²) in [6, 6.07) is 15.1. The van der Waals surface area contributed by atoms with Gasteiger partial charge in [-0.15, -0.1) is 0 Å². The number of amidine groups is 1. The number of carbonyl (C=O) groups is 2. The molecule has 1 heterocycles. The smallest absolute Gasteiger partial charge is 0.292 e. The molecule has 0 spiro atoms. The average molecular weight is 428 g/mol. The molecule has 0 aliphatic carbocycles. The van der Waals surface area contributed by atoms with Crippen molar-refractivity contribution in [1.29, 1.82) is 0 Å². The van der Waals surface area contributed by atoms with Crippen LogP contribution >= 0.6 is 11.8 Å². The fraction of sp³-hybridized carbons (Fsp3) is 0.250. The first kappa shape index (κ1) is 21.5. The van der Waals surface area contributed by atoms with E-state index in [-0.39, 0.29) is 23.7 Å². The Morgan fingerprint density at radius 1 is 1.23 bits per heavy atom. The minimum Gasteiger partial charge on any atom is -0.383 e. The van der Waals surface area contributed by atoms with Crippen molar-refractivity contribution in [2.75, 3.05) is 25.6 Å². The maximum atomic E-state index is 12.9. The van der Waals surface area contributed by atoms with Crippen molar-refractivity contribution >= 4 is 45.8 Å². The first-order valence-corrected chi connectivity index (χ1v) is 10.0. The highest BCUT2D eigenvalue weighted by Crippen LogP contribution is 2.32. The van der Waals surface area contributed by atoms with Gasteiger partial charge in [-0.05, 0) is 18.2 Å². The minimum atomic E-state index is -0.674. The van der Waals surface area contributed by atoms with Crippen molar-refractivity contribution in [2.24, 2.45) is 4.99 Å². The van der Waals surface area contributed by atoms with Crippen LogP contribution in [0.25, 0.3) is 0 Å². The number of amides is 2. The van der Waals surface area contributed by atoms with Crippen molar-refractivity contribution in [3.63, 3.8) is 0 Å². The molecule has 9 nitrogen and oxygen atoms in total. The third-order valence-corrected chi connectivity index (χ3v) is 5.44. The number of benzene rings is 2. The SMILES string of the molecule is COCCN1C(=O)[C@H](CC(=O)Nc2ccccc2[N+](=O)[O-])SC1=Nc1ccccc1. The van der Waals surface area contributed by atoms with Crippen molar-refractivity contribution in [3.05, 3.63) is 64.7 Å². The van der Waals surface area contributed by atoms with Crippen molar-refractivity contribution in [1.82, 2.24) is 4.90 Å². The van der Waals surface area contributed by atoms with Crippen LogP contribution in [0.3, 0.4) is 0 Å². The fourth-order valence-electron chi connectivity index (χ4n) is 2.83. The van der Waals surface area contributed by atoms with Gasteiger partial charge in [0.15, 0.2) is 5.17 Å². The van der Waals surface area contributed by atoms with Crippen LogP contribution in [-0.4, -0.2) is 52.3 Å². The molecule has 1 aliphatic heterocycles. The number of hydrogen-bond donors (Lipinski definition) is 1. The average Bonchev–Trinajstić information content (AvgIpc) is 3.01. The Labute approximate surface area is 177 Å². The number of rotatable bonds is 8. The van der Waals surface area contributed by atoms with E-state index in [9.17, 15) is 19.7 Å². The molecular weight excluding hydrogens is 408 g/mol. The molecule has 1 fully saturated rings. The van der Waals surface area contributed by atoms with Gasteiger partial charge in [-0.3, -0.25) is 24.6 Å². The highest BCUT2D eigenvalue weighted by Gasteiger charge is 2.39. The topological polar surface area (TPSA) is 114 Å². The number of thioether (sulfide) groups is 1. The minimum absolute atomic E-state index is 0.0948. The molecule has 0 radical (unpaired) electrons. The molecule has 0 bridgehead atoms. The number of nitrogens with zero attached hydrogens (tertiary/aromatic N) is 3. The van der Waals surface area contributed by atoms with Gasteiger partial charge in [0.25, 0.3) is 5.69 Å². The first-order valence-electron chi connectivity index (χ1n) is 9.13. The Kier molecular flexibility index (Phi) is 7.15. The molecule has 1 saturated heterocycles. The number of carbonyl (C=O) groups excluding carboxylic acids is 2. The molecule has 0 unspecified atom stereocenters. The van der Waals surface area contributed by atoms with E-state index in [0.717, 1.165) is 0 Å². The van der Waals surface area contributed by atoms with Crippen LogP contribution in [0.2, 0.25) is 0 Å². The predicted molar refractivity (Wildman–Crippen MR) is 115 cm³/mol. The number of nitro benzene ring substituents is 1. The normalized spacial score (nSPS) is 17.4. The lowest BCUT2D eigenvalue weighted by Crippen LogP contribution is -2.35. The van der Waals surface area contributed by atoms with Gasteiger partial charge < -0.3 is 10.1 Å². The van der Waals surface area contributed by atoms with Crippen LogP contribution in [0.4, 0.5) is 17.1 Å². The molecule has 156 valence electrons. The van der Waals surface area contributed by atoms with Gasteiger partial charge in [-0.25, -0.2) is 4.99 Å². The number of anilines is 1. The van der Waals surface area contributed by atoms with Crippen molar-refractivity contribution in [2.45, 2.75) is 11.7 Å². The van der Waals surface area contributed by atoms with Crippen molar-refractivity contribution in [3.8, 4) is 0 Å². The quantitative estimate of drug-likeness (QED) is 0.510. The molecule has 0 saturated carbocycles. The lowest BCUT2D eigenvalue weighted by molar-refractivity contribution is -0.383. The molecule has 1 atom stereocenters. The maximum absolute atomic E-state index is 12.9. The van der Waals surface area contributed by atoms with E-state index in [0.29, 0.717) is 24.0 Å².